The molecule has 0 aromatic carbocycles. The van der Waals surface area contributed by atoms with Crippen LogP contribution in [0.25, 0.3) is 0 Å². The Morgan fingerprint density at radius 3 is 2.66 bits per heavy atom. The van der Waals surface area contributed by atoms with Gasteiger partial charge in [-0.15, -0.1) is 0 Å². The molecule has 8 heteroatoms. The van der Waals surface area contributed by atoms with Gasteiger partial charge in [0, 0.05) is 48.3 Å². The van der Waals surface area contributed by atoms with Gasteiger partial charge in [0.25, 0.3) is 5.91 Å². The lowest BCUT2D eigenvalue weighted by Crippen LogP contribution is -2.46. The van der Waals surface area contributed by atoms with Gasteiger partial charge in [-0.05, 0) is 51.5 Å². The maximum absolute atomic E-state index is 13.3. The van der Waals surface area contributed by atoms with Gasteiger partial charge < -0.3 is 15.0 Å². The van der Waals surface area contributed by atoms with Crippen LogP contribution in [0.1, 0.15) is 64.0 Å². The highest BCUT2D eigenvalue weighted by Gasteiger charge is 2.31. The van der Waals surface area contributed by atoms with Crippen LogP contribution in [0.5, 0.6) is 0 Å². The van der Waals surface area contributed by atoms with E-state index < -0.39 is 0 Å². The van der Waals surface area contributed by atoms with Crippen molar-refractivity contribution in [3.05, 3.63) is 41.6 Å². The molecule has 0 aliphatic carbocycles. The summed E-state index contributed by atoms with van der Waals surface area (Å²) in [7, 11) is 0. The number of hydrogen-bond donors (Lipinski definition) is 2. The van der Waals surface area contributed by atoms with Crippen LogP contribution in [-0.4, -0.2) is 47.7 Å². The molecule has 32 heavy (non-hydrogen) atoms. The zero-order valence-corrected chi connectivity index (χ0v) is 20.8. The van der Waals surface area contributed by atoms with E-state index in [2.05, 4.69) is 61.5 Å². The standard InChI is InChI=1S/C24H35N5O2S/c1-7-29-21-17(11-12-18(26-21)23(2,3)4)22(30)28-32-20-10-8-9-19(27-20)25-14-16-31-15-13-24(29,5)6/h8-12H,7,13-16H2,1-6H3,(H,25,27)(H,28,30). The fourth-order valence-electron chi connectivity index (χ4n) is 3.65. The van der Waals surface area contributed by atoms with Crippen LogP contribution in [0.2, 0.25) is 0 Å². The number of hydrogen-bond acceptors (Lipinski definition) is 7. The number of carbonyl (C=O) groups is 1. The number of ether oxygens (including phenoxy) is 1. The number of anilines is 2. The Morgan fingerprint density at radius 1 is 1.16 bits per heavy atom. The summed E-state index contributed by atoms with van der Waals surface area (Å²) in [6.45, 7) is 15.5. The maximum atomic E-state index is 13.3. The largest absolute Gasteiger partial charge is 0.380 e. The molecule has 1 aliphatic heterocycles. The van der Waals surface area contributed by atoms with Crippen molar-refractivity contribution in [3.8, 4) is 0 Å². The molecular weight excluding hydrogens is 422 g/mol. The third-order valence-electron chi connectivity index (χ3n) is 5.57. The molecule has 2 aromatic heterocycles. The molecule has 1 aliphatic rings. The Hall–Kier alpha value is -2.32. The van der Waals surface area contributed by atoms with E-state index in [0.29, 0.717) is 36.2 Å². The summed E-state index contributed by atoms with van der Waals surface area (Å²) in [5.74, 6) is 1.28. The molecule has 2 aromatic rings. The van der Waals surface area contributed by atoms with Gasteiger partial charge in [-0.3, -0.25) is 9.52 Å². The SMILES string of the molecule is CCN1c2nc(C(C)(C)C)ccc2C(=O)NSc2cccc(n2)NCCOCCC1(C)C. The van der Waals surface area contributed by atoms with Crippen molar-refractivity contribution >= 4 is 29.5 Å². The number of fused-ring (bicyclic) bond motifs is 3. The van der Waals surface area contributed by atoms with Gasteiger partial charge in [0.2, 0.25) is 0 Å². The average Bonchev–Trinajstić information content (AvgIpc) is 2.74. The number of aromatic nitrogens is 2. The van der Waals surface area contributed by atoms with Crippen molar-refractivity contribution in [2.45, 2.75) is 63.9 Å². The molecule has 1 amide bonds. The first-order valence-corrected chi connectivity index (χ1v) is 12.0. The second-order valence-electron chi connectivity index (χ2n) is 9.56. The molecule has 0 fully saturated rings. The van der Waals surface area contributed by atoms with E-state index in [4.69, 9.17) is 9.72 Å². The topological polar surface area (TPSA) is 79.4 Å². The van der Waals surface area contributed by atoms with Crippen LogP contribution in [0.15, 0.2) is 35.4 Å². The smallest absolute Gasteiger partial charge is 0.265 e. The summed E-state index contributed by atoms with van der Waals surface area (Å²) < 4.78 is 8.86. The van der Waals surface area contributed by atoms with Crippen molar-refractivity contribution in [1.82, 2.24) is 14.7 Å². The highest BCUT2D eigenvalue weighted by molar-refractivity contribution is 7.97. The van der Waals surface area contributed by atoms with Crippen LogP contribution >= 0.6 is 11.9 Å². The van der Waals surface area contributed by atoms with Gasteiger partial charge in [-0.2, -0.15) is 0 Å². The van der Waals surface area contributed by atoms with Crippen molar-refractivity contribution in [3.63, 3.8) is 0 Å². The lowest BCUT2D eigenvalue weighted by Gasteiger charge is -2.40. The Bertz CT molecular complexity index is 942. The lowest BCUT2D eigenvalue weighted by atomic mass is 9.91. The molecule has 2 N–H and O–H groups in total. The number of nitrogens with zero attached hydrogens (tertiary/aromatic N) is 3. The van der Waals surface area contributed by atoms with Crippen molar-refractivity contribution in [1.29, 1.82) is 0 Å². The second kappa shape index (κ2) is 10.1. The van der Waals surface area contributed by atoms with Gasteiger partial charge in [0.05, 0.1) is 12.2 Å². The molecule has 0 unspecified atom stereocenters. The predicted octanol–water partition coefficient (Wildman–Crippen LogP) is 4.65. The van der Waals surface area contributed by atoms with Crippen LogP contribution in [-0.2, 0) is 10.2 Å². The molecule has 3 rings (SSSR count). The Balaban J connectivity index is 2.03. The lowest BCUT2D eigenvalue weighted by molar-refractivity contribution is 0.0984. The van der Waals surface area contributed by atoms with E-state index in [1.165, 1.54) is 11.9 Å². The molecule has 174 valence electrons. The van der Waals surface area contributed by atoms with E-state index in [0.717, 1.165) is 24.5 Å². The van der Waals surface area contributed by atoms with Crippen molar-refractivity contribution in [2.24, 2.45) is 0 Å². The highest BCUT2D eigenvalue weighted by atomic mass is 32.2. The Labute approximate surface area is 195 Å². The fraction of sp³-hybridized carbons (Fsp3) is 0.542. The minimum absolute atomic E-state index is 0.125. The normalized spacial score (nSPS) is 17.8. The quantitative estimate of drug-likeness (QED) is 0.604. The number of nitrogens with one attached hydrogen (secondary N) is 2. The molecule has 0 radical (unpaired) electrons. The summed E-state index contributed by atoms with van der Waals surface area (Å²) in [4.78, 5) is 25.0. The van der Waals surface area contributed by atoms with Gasteiger partial charge in [0.15, 0.2) is 0 Å². The van der Waals surface area contributed by atoms with Crippen LogP contribution in [0, 0.1) is 0 Å². The first-order chi connectivity index (χ1) is 15.1. The summed E-state index contributed by atoms with van der Waals surface area (Å²) in [6.07, 6.45) is 0.811. The first-order valence-electron chi connectivity index (χ1n) is 11.2. The zero-order chi connectivity index (χ0) is 23.4. The van der Waals surface area contributed by atoms with Crippen molar-refractivity contribution in [2.75, 3.05) is 36.5 Å². The van der Waals surface area contributed by atoms with E-state index in [-0.39, 0.29) is 16.9 Å². The van der Waals surface area contributed by atoms with Gasteiger partial charge >= 0.3 is 0 Å². The van der Waals surface area contributed by atoms with E-state index in [1.807, 2.05) is 30.3 Å². The van der Waals surface area contributed by atoms with Crippen LogP contribution in [0.4, 0.5) is 11.6 Å². The molecular formula is C24H35N5O2S. The Morgan fingerprint density at radius 2 is 1.94 bits per heavy atom. The third kappa shape index (κ3) is 5.92. The average molecular weight is 458 g/mol. The van der Waals surface area contributed by atoms with Crippen LogP contribution < -0.4 is 14.9 Å². The van der Waals surface area contributed by atoms with E-state index in [9.17, 15) is 4.79 Å². The monoisotopic (exact) mass is 457 g/mol. The predicted molar refractivity (Wildman–Crippen MR) is 132 cm³/mol. The number of carbonyl (C=O) groups excluding carboxylic acids is 1. The fourth-order valence-corrected chi connectivity index (χ4v) is 4.25. The summed E-state index contributed by atoms with van der Waals surface area (Å²) >= 11 is 1.21. The molecule has 2 bridgehead atoms. The van der Waals surface area contributed by atoms with Gasteiger partial charge in [-0.1, -0.05) is 26.8 Å². The van der Waals surface area contributed by atoms with E-state index in [1.54, 1.807) is 0 Å². The molecule has 3 heterocycles. The molecule has 0 atom stereocenters. The first kappa shape index (κ1) is 24.3. The summed E-state index contributed by atoms with van der Waals surface area (Å²) in [5.41, 5.74) is 1.15. The highest BCUT2D eigenvalue weighted by Crippen LogP contribution is 2.32. The summed E-state index contributed by atoms with van der Waals surface area (Å²) in [5, 5.41) is 3.98. The summed E-state index contributed by atoms with van der Waals surface area (Å²) in [6, 6.07) is 9.54. The second-order valence-corrected chi connectivity index (χ2v) is 10.4. The van der Waals surface area contributed by atoms with Crippen LogP contribution in [0.3, 0.4) is 0 Å². The number of pyridine rings is 2. The Kier molecular flexibility index (Phi) is 7.67. The maximum Gasteiger partial charge on any atom is 0.265 e. The van der Waals surface area contributed by atoms with Crippen molar-refractivity contribution < 1.29 is 9.53 Å². The molecule has 0 saturated heterocycles. The zero-order valence-electron chi connectivity index (χ0n) is 20.0. The number of rotatable bonds is 1. The molecule has 0 spiro atoms. The number of amides is 1. The molecule has 7 nitrogen and oxygen atoms in total. The third-order valence-corrected chi connectivity index (χ3v) is 6.30. The van der Waals surface area contributed by atoms with E-state index >= 15 is 0 Å². The van der Waals surface area contributed by atoms with Gasteiger partial charge in [-0.25, -0.2) is 9.97 Å². The minimum Gasteiger partial charge on any atom is -0.380 e. The van der Waals surface area contributed by atoms with Gasteiger partial charge in [0.1, 0.15) is 16.7 Å². The minimum atomic E-state index is -0.239. The molecule has 0 saturated carbocycles.